The molecule has 5 aromatic rings. The second-order valence-corrected chi connectivity index (χ2v) is 8.17. The van der Waals surface area contributed by atoms with E-state index in [0.29, 0.717) is 34.8 Å². The molecule has 0 saturated heterocycles. The molecule has 2 heterocycles. The van der Waals surface area contributed by atoms with E-state index >= 15 is 0 Å². The molecule has 174 valence electrons. The highest BCUT2D eigenvalue weighted by molar-refractivity contribution is 5.80. The summed E-state index contributed by atoms with van der Waals surface area (Å²) in [6, 6.07) is 27.3. The van der Waals surface area contributed by atoms with Crippen molar-refractivity contribution in [2.75, 3.05) is 0 Å². The van der Waals surface area contributed by atoms with Crippen LogP contribution in [0.5, 0.6) is 11.5 Å². The van der Waals surface area contributed by atoms with E-state index in [4.69, 9.17) is 13.9 Å². The zero-order valence-corrected chi connectivity index (χ0v) is 19.1. The predicted octanol–water partition coefficient (Wildman–Crippen LogP) is 5.32. The van der Waals surface area contributed by atoms with Gasteiger partial charge in [0.25, 0.3) is 0 Å². The smallest absolute Gasteiger partial charge is 0.223 e. The van der Waals surface area contributed by atoms with Crippen LogP contribution in [0.4, 0.5) is 0 Å². The fourth-order valence-electron chi connectivity index (χ4n) is 3.76. The molecule has 6 nitrogen and oxygen atoms in total. The molecule has 0 amide bonds. The number of fused-ring (bicyclic) bond motifs is 1. The lowest BCUT2D eigenvalue weighted by Gasteiger charge is -2.13. The van der Waals surface area contributed by atoms with Crippen molar-refractivity contribution in [2.45, 2.75) is 13.2 Å². The van der Waals surface area contributed by atoms with Gasteiger partial charge in [0.2, 0.25) is 5.43 Å². The van der Waals surface area contributed by atoms with E-state index in [2.05, 4.69) is 0 Å². The Kier molecular flexibility index (Phi) is 6.18. The first-order valence-corrected chi connectivity index (χ1v) is 11.2. The second-order valence-electron chi connectivity index (χ2n) is 8.17. The summed E-state index contributed by atoms with van der Waals surface area (Å²) in [7, 11) is 1.83. The number of aromatic nitrogens is 1. The number of hydrogen-bond donors (Lipinski definition) is 0. The van der Waals surface area contributed by atoms with Crippen LogP contribution in [0.2, 0.25) is 0 Å². The van der Waals surface area contributed by atoms with E-state index in [1.807, 2.05) is 67.7 Å². The summed E-state index contributed by atoms with van der Waals surface area (Å²) < 4.78 is 19.3. The quantitative estimate of drug-likeness (QED) is 0.326. The number of ether oxygens (including phenoxy) is 2. The SMILES string of the molecule is Cn1cc(OCc2ccccc2)c(=O)cc1COc1ccc2oc(-c3ccccc3)cc(=O)c2c1. The van der Waals surface area contributed by atoms with Gasteiger partial charge >= 0.3 is 0 Å². The lowest BCUT2D eigenvalue weighted by molar-refractivity contribution is 0.287. The van der Waals surface area contributed by atoms with Gasteiger partial charge in [-0.2, -0.15) is 0 Å². The topological polar surface area (TPSA) is 70.7 Å². The summed E-state index contributed by atoms with van der Waals surface area (Å²) in [6.45, 7) is 0.473. The summed E-state index contributed by atoms with van der Waals surface area (Å²) in [5.41, 5.74) is 2.61. The molecule has 0 N–H and O–H groups in total. The minimum atomic E-state index is -0.217. The molecule has 6 heteroatoms. The van der Waals surface area contributed by atoms with Gasteiger partial charge in [-0.05, 0) is 23.8 Å². The third-order valence-corrected chi connectivity index (χ3v) is 5.69. The number of rotatable bonds is 7. The van der Waals surface area contributed by atoms with Crippen molar-refractivity contribution in [3.63, 3.8) is 0 Å². The van der Waals surface area contributed by atoms with Crippen LogP contribution in [-0.2, 0) is 20.3 Å². The zero-order chi connectivity index (χ0) is 24.2. The van der Waals surface area contributed by atoms with Crippen molar-refractivity contribution in [2.24, 2.45) is 7.05 Å². The first-order valence-electron chi connectivity index (χ1n) is 11.2. The Balaban J connectivity index is 1.31. The van der Waals surface area contributed by atoms with E-state index in [1.54, 1.807) is 29.0 Å². The molecule has 0 atom stereocenters. The molecule has 35 heavy (non-hydrogen) atoms. The maximum Gasteiger partial charge on any atom is 0.223 e. The molecule has 0 aliphatic rings. The van der Waals surface area contributed by atoms with Gasteiger partial charge in [0.05, 0.1) is 17.3 Å². The van der Waals surface area contributed by atoms with Crippen LogP contribution in [0.15, 0.2) is 111 Å². The maximum atomic E-state index is 12.7. The first-order chi connectivity index (χ1) is 17.1. The van der Waals surface area contributed by atoms with Crippen molar-refractivity contribution < 1.29 is 13.9 Å². The number of pyridine rings is 1. The highest BCUT2D eigenvalue weighted by Crippen LogP contribution is 2.25. The van der Waals surface area contributed by atoms with Gasteiger partial charge in [-0.3, -0.25) is 9.59 Å². The van der Waals surface area contributed by atoms with Crippen LogP contribution in [0.3, 0.4) is 0 Å². The molecule has 0 aliphatic heterocycles. The fourth-order valence-corrected chi connectivity index (χ4v) is 3.76. The van der Waals surface area contributed by atoms with E-state index in [9.17, 15) is 9.59 Å². The van der Waals surface area contributed by atoms with Crippen LogP contribution in [0, 0.1) is 0 Å². The Morgan fingerprint density at radius 2 is 1.51 bits per heavy atom. The molecular weight excluding hydrogens is 442 g/mol. The van der Waals surface area contributed by atoms with Crippen LogP contribution >= 0.6 is 0 Å². The molecule has 2 aromatic heterocycles. The minimum absolute atomic E-state index is 0.150. The normalized spacial score (nSPS) is 10.9. The van der Waals surface area contributed by atoms with Gasteiger partial charge in [0.1, 0.15) is 30.3 Å². The zero-order valence-electron chi connectivity index (χ0n) is 19.1. The van der Waals surface area contributed by atoms with E-state index < -0.39 is 0 Å². The van der Waals surface area contributed by atoms with E-state index in [0.717, 1.165) is 11.1 Å². The molecule has 0 bridgehead atoms. The van der Waals surface area contributed by atoms with E-state index in [1.165, 1.54) is 12.1 Å². The summed E-state index contributed by atoms with van der Waals surface area (Å²) in [5, 5.41) is 0.431. The molecule has 0 aliphatic carbocycles. The molecule has 3 aromatic carbocycles. The van der Waals surface area contributed by atoms with Crippen molar-refractivity contribution in [1.29, 1.82) is 0 Å². The second kappa shape index (κ2) is 9.73. The Morgan fingerprint density at radius 3 is 2.29 bits per heavy atom. The molecule has 0 unspecified atom stereocenters. The lowest BCUT2D eigenvalue weighted by Crippen LogP contribution is -2.15. The molecule has 0 radical (unpaired) electrons. The summed E-state index contributed by atoms with van der Waals surface area (Å²) >= 11 is 0. The maximum absolute atomic E-state index is 12.7. The largest absolute Gasteiger partial charge is 0.487 e. The number of benzene rings is 3. The average molecular weight is 466 g/mol. The first kappa shape index (κ1) is 22.2. The van der Waals surface area contributed by atoms with Gasteiger partial charge in [-0.1, -0.05) is 60.7 Å². The van der Waals surface area contributed by atoms with Crippen LogP contribution in [0.25, 0.3) is 22.3 Å². The molecule has 0 spiro atoms. The molecule has 0 saturated carbocycles. The monoisotopic (exact) mass is 465 g/mol. The summed E-state index contributed by atoms with van der Waals surface area (Å²) in [5.74, 6) is 1.30. The Hall–Kier alpha value is -4.58. The number of aryl methyl sites for hydroxylation is 1. The van der Waals surface area contributed by atoms with Gasteiger partial charge in [-0.25, -0.2) is 0 Å². The van der Waals surface area contributed by atoms with Gasteiger partial charge in [0.15, 0.2) is 11.2 Å². The van der Waals surface area contributed by atoms with Crippen LogP contribution in [-0.4, -0.2) is 4.57 Å². The highest BCUT2D eigenvalue weighted by atomic mass is 16.5. The van der Waals surface area contributed by atoms with Crippen molar-refractivity contribution in [3.05, 3.63) is 129 Å². The third kappa shape index (κ3) is 5.01. The average Bonchev–Trinajstić information content (AvgIpc) is 2.89. The Labute approximate surface area is 201 Å². The molecule has 5 rings (SSSR count). The van der Waals surface area contributed by atoms with Crippen LogP contribution in [0.1, 0.15) is 11.3 Å². The minimum Gasteiger partial charge on any atom is -0.487 e. The standard InChI is InChI=1S/C29H23NO5/c1-30-17-29(34-18-20-8-4-2-5-9-20)26(32)14-22(30)19-33-23-12-13-27-24(15-23)25(31)16-28(35-27)21-10-6-3-7-11-21/h2-17H,18-19H2,1H3. The van der Waals surface area contributed by atoms with Crippen molar-refractivity contribution in [3.8, 4) is 22.8 Å². The Morgan fingerprint density at radius 1 is 0.771 bits per heavy atom. The molecular formula is C29H23NO5. The van der Waals surface area contributed by atoms with E-state index in [-0.39, 0.29) is 23.2 Å². The Bertz CT molecular complexity index is 1590. The lowest BCUT2D eigenvalue weighted by atomic mass is 10.1. The van der Waals surface area contributed by atoms with Crippen molar-refractivity contribution in [1.82, 2.24) is 4.57 Å². The van der Waals surface area contributed by atoms with Gasteiger partial charge in [-0.15, -0.1) is 0 Å². The van der Waals surface area contributed by atoms with Crippen molar-refractivity contribution >= 4 is 11.0 Å². The molecule has 0 fully saturated rings. The number of hydrogen-bond acceptors (Lipinski definition) is 5. The summed E-state index contributed by atoms with van der Waals surface area (Å²) in [4.78, 5) is 25.3. The number of nitrogens with zero attached hydrogens (tertiary/aromatic N) is 1. The highest BCUT2D eigenvalue weighted by Gasteiger charge is 2.10. The van der Waals surface area contributed by atoms with Crippen LogP contribution < -0.4 is 20.3 Å². The predicted molar refractivity (Wildman–Crippen MR) is 135 cm³/mol. The third-order valence-electron chi connectivity index (χ3n) is 5.69. The van der Waals surface area contributed by atoms with Gasteiger partial charge < -0.3 is 18.5 Å². The summed E-state index contributed by atoms with van der Waals surface area (Å²) in [6.07, 6.45) is 1.66. The fraction of sp³-hybridized carbons (Fsp3) is 0.103. The van der Waals surface area contributed by atoms with Gasteiger partial charge in [0, 0.05) is 24.7 Å².